The number of nitrogens with one attached hydrogen (secondary N) is 1. The van der Waals surface area contributed by atoms with Gasteiger partial charge in [0.05, 0.1) is 17.8 Å². The van der Waals surface area contributed by atoms with E-state index in [1.165, 1.54) is 31.4 Å². The Morgan fingerprint density at radius 2 is 2.04 bits per heavy atom. The molecule has 3 heterocycles. The summed E-state index contributed by atoms with van der Waals surface area (Å²) in [6, 6.07) is 11.5. The molecular formula is C19H24N4S. The lowest BCUT2D eigenvalue weighted by atomic mass is 10.0. The molecule has 0 spiro atoms. The van der Waals surface area contributed by atoms with E-state index in [2.05, 4.69) is 57.2 Å². The molecule has 2 fully saturated rings. The van der Waals surface area contributed by atoms with Crippen molar-refractivity contribution in [2.24, 2.45) is 0 Å². The van der Waals surface area contributed by atoms with E-state index in [-0.39, 0.29) is 12.1 Å². The van der Waals surface area contributed by atoms with E-state index in [0.717, 1.165) is 17.4 Å². The van der Waals surface area contributed by atoms with E-state index in [9.17, 15) is 0 Å². The normalized spacial score (nSPS) is 24.5. The smallest absolute Gasteiger partial charge is 0.170 e. The lowest BCUT2D eigenvalue weighted by molar-refractivity contribution is 0.307. The largest absolute Gasteiger partial charge is 0.352 e. The van der Waals surface area contributed by atoms with Crippen LogP contribution in [-0.2, 0) is 0 Å². The van der Waals surface area contributed by atoms with Gasteiger partial charge in [-0.1, -0.05) is 18.9 Å². The van der Waals surface area contributed by atoms with Crippen LogP contribution in [0.3, 0.4) is 0 Å². The summed E-state index contributed by atoms with van der Waals surface area (Å²) >= 11 is 5.62. The van der Waals surface area contributed by atoms with Crippen molar-refractivity contribution in [2.75, 3.05) is 6.54 Å². The van der Waals surface area contributed by atoms with Crippen molar-refractivity contribution in [3.05, 3.63) is 54.1 Å². The van der Waals surface area contributed by atoms with Gasteiger partial charge in [-0.2, -0.15) is 0 Å². The van der Waals surface area contributed by atoms with Crippen LogP contribution >= 0.6 is 12.2 Å². The second kappa shape index (κ2) is 6.55. The first-order valence-corrected chi connectivity index (χ1v) is 9.35. The van der Waals surface area contributed by atoms with Gasteiger partial charge in [0.1, 0.15) is 0 Å². The van der Waals surface area contributed by atoms with Crippen molar-refractivity contribution in [2.45, 2.75) is 50.7 Å². The highest BCUT2D eigenvalue weighted by atomic mass is 32.1. The van der Waals surface area contributed by atoms with Gasteiger partial charge in [0.15, 0.2) is 5.11 Å². The van der Waals surface area contributed by atoms with Crippen LogP contribution in [0.4, 0.5) is 0 Å². The van der Waals surface area contributed by atoms with Crippen molar-refractivity contribution in [3.8, 4) is 0 Å². The lowest BCUT2D eigenvalue weighted by Crippen LogP contribution is -2.30. The Balaban J connectivity index is 1.75. The highest BCUT2D eigenvalue weighted by molar-refractivity contribution is 7.80. The van der Waals surface area contributed by atoms with Crippen molar-refractivity contribution >= 4 is 17.3 Å². The van der Waals surface area contributed by atoms with Gasteiger partial charge in [-0.15, -0.1) is 0 Å². The predicted molar refractivity (Wildman–Crippen MR) is 99.8 cm³/mol. The Morgan fingerprint density at radius 1 is 1.21 bits per heavy atom. The van der Waals surface area contributed by atoms with Crippen LogP contribution in [0.1, 0.15) is 62.1 Å². The van der Waals surface area contributed by atoms with E-state index in [4.69, 9.17) is 12.2 Å². The van der Waals surface area contributed by atoms with Gasteiger partial charge in [-0.05, 0) is 56.2 Å². The molecule has 1 N–H and O–H groups in total. The van der Waals surface area contributed by atoms with Gasteiger partial charge in [0.25, 0.3) is 0 Å². The SMILES string of the molecule is CCN1C(=S)NC(c2ccccn2)C1c1cccn1C1CCCC1. The first kappa shape index (κ1) is 15.6. The molecule has 2 atom stereocenters. The summed E-state index contributed by atoms with van der Waals surface area (Å²) in [5, 5.41) is 4.34. The Morgan fingerprint density at radius 3 is 2.75 bits per heavy atom. The third-order valence-electron chi connectivity index (χ3n) is 5.37. The fourth-order valence-electron chi connectivity index (χ4n) is 4.24. The van der Waals surface area contributed by atoms with E-state index in [1.807, 2.05) is 12.3 Å². The van der Waals surface area contributed by atoms with Crippen molar-refractivity contribution in [3.63, 3.8) is 0 Å². The quantitative estimate of drug-likeness (QED) is 0.853. The topological polar surface area (TPSA) is 33.1 Å². The maximum atomic E-state index is 5.62. The average molecular weight is 340 g/mol. The second-order valence-electron chi connectivity index (χ2n) is 6.69. The van der Waals surface area contributed by atoms with E-state index < -0.39 is 0 Å². The molecule has 1 saturated heterocycles. The number of pyridine rings is 1. The minimum atomic E-state index is 0.105. The van der Waals surface area contributed by atoms with Gasteiger partial charge in [-0.25, -0.2) is 0 Å². The Hall–Kier alpha value is -1.88. The fourth-order valence-corrected chi connectivity index (χ4v) is 4.61. The van der Waals surface area contributed by atoms with Gasteiger partial charge in [0.2, 0.25) is 0 Å². The standard InChI is InChI=1S/C19H24N4S/c1-2-22-18(16-11-7-13-23(16)14-8-3-4-9-14)17(21-19(22)24)15-10-5-6-12-20-15/h5-7,10-14,17-18H,2-4,8-9H2,1H3,(H,21,24). The fraction of sp³-hybridized carbons (Fsp3) is 0.474. The van der Waals surface area contributed by atoms with Gasteiger partial charge < -0.3 is 14.8 Å². The van der Waals surface area contributed by atoms with E-state index in [0.29, 0.717) is 6.04 Å². The molecule has 0 bridgehead atoms. The summed E-state index contributed by atoms with van der Waals surface area (Å²) in [5.74, 6) is 0. The molecule has 2 aliphatic rings. The maximum absolute atomic E-state index is 5.62. The van der Waals surface area contributed by atoms with Crippen LogP contribution < -0.4 is 5.32 Å². The zero-order valence-corrected chi connectivity index (χ0v) is 14.9. The summed E-state index contributed by atoms with van der Waals surface area (Å²) in [7, 11) is 0. The zero-order valence-electron chi connectivity index (χ0n) is 14.1. The molecular weight excluding hydrogens is 316 g/mol. The molecule has 4 nitrogen and oxygen atoms in total. The first-order valence-electron chi connectivity index (χ1n) is 8.94. The predicted octanol–water partition coefficient (Wildman–Crippen LogP) is 3.99. The molecule has 1 saturated carbocycles. The minimum Gasteiger partial charge on any atom is -0.352 e. The summed E-state index contributed by atoms with van der Waals surface area (Å²) in [6.07, 6.45) is 9.35. The van der Waals surface area contributed by atoms with Crippen LogP contribution in [0, 0.1) is 0 Å². The summed E-state index contributed by atoms with van der Waals surface area (Å²) in [5.41, 5.74) is 2.41. The molecule has 0 aromatic carbocycles. The Kier molecular flexibility index (Phi) is 4.27. The van der Waals surface area contributed by atoms with E-state index >= 15 is 0 Å². The van der Waals surface area contributed by atoms with Gasteiger partial charge in [-0.3, -0.25) is 4.98 Å². The van der Waals surface area contributed by atoms with Gasteiger partial charge >= 0.3 is 0 Å². The molecule has 2 aromatic heterocycles. The zero-order chi connectivity index (χ0) is 16.5. The van der Waals surface area contributed by atoms with Gasteiger partial charge in [0, 0.05) is 30.7 Å². The van der Waals surface area contributed by atoms with Crippen LogP contribution in [0.2, 0.25) is 0 Å². The monoisotopic (exact) mass is 340 g/mol. The molecule has 4 rings (SSSR count). The third-order valence-corrected chi connectivity index (χ3v) is 5.72. The van der Waals surface area contributed by atoms with Crippen molar-refractivity contribution < 1.29 is 0 Å². The number of nitrogens with zero attached hydrogens (tertiary/aromatic N) is 3. The van der Waals surface area contributed by atoms with Crippen molar-refractivity contribution in [1.82, 2.24) is 19.8 Å². The molecule has 2 unspecified atom stereocenters. The number of hydrogen-bond donors (Lipinski definition) is 1. The number of rotatable bonds is 4. The molecule has 5 heteroatoms. The van der Waals surface area contributed by atoms with Crippen LogP contribution in [0.25, 0.3) is 0 Å². The highest BCUT2D eigenvalue weighted by Gasteiger charge is 2.40. The third kappa shape index (κ3) is 2.61. The maximum Gasteiger partial charge on any atom is 0.170 e. The average Bonchev–Trinajstić information content (AvgIpc) is 3.34. The van der Waals surface area contributed by atoms with Crippen LogP contribution in [0.15, 0.2) is 42.7 Å². The first-order chi connectivity index (χ1) is 11.8. The van der Waals surface area contributed by atoms with E-state index in [1.54, 1.807) is 0 Å². The van der Waals surface area contributed by atoms with Crippen molar-refractivity contribution in [1.29, 1.82) is 0 Å². The lowest BCUT2D eigenvalue weighted by Gasteiger charge is -2.29. The molecule has 2 aromatic rings. The van der Waals surface area contributed by atoms with Crippen LogP contribution in [0.5, 0.6) is 0 Å². The molecule has 126 valence electrons. The molecule has 24 heavy (non-hydrogen) atoms. The highest BCUT2D eigenvalue weighted by Crippen LogP contribution is 2.41. The summed E-state index contributed by atoms with van der Waals surface area (Å²) in [4.78, 5) is 6.89. The molecule has 1 aliphatic heterocycles. The number of aromatic nitrogens is 2. The summed E-state index contributed by atoms with van der Waals surface area (Å²) < 4.78 is 2.49. The Bertz CT molecular complexity index is 705. The molecule has 0 radical (unpaired) electrons. The number of thiocarbonyl (C=S) groups is 1. The van der Waals surface area contributed by atoms with Crippen LogP contribution in [-0.4, -0.2) is 26.1 Å². The number of hydrogen-bond acceptors (Lipinski definition) is 2. The molecule has 0 amide bonds. The summed E-state index contributed by atoms with van der Waals surface area (Å²) in [6.45, 7) is 3.07. The molecule has 1 aliphatic carbocycles. The number of likely N-dealkylation sites (N-methyl/N-ethyl adjacent to an activating group) is 1. The second-order valence-corrected chi connectivity index (χ2v) is 7.08. The Labute approximate surface area is 148 Å². The minimum absolute atomic E-state index is 0.105.